The Hall–Kier alpha value is -2.05. The standard InChI is InChI=1S/C14H14ClN3O2S/c1-2-9-4-6-12(21-9)14(19)17-11-5-3-8(7-10(11)15)13(16)18-20/h3-7,20H,2H2,1H3,(H2,16,18)(H,17,19). The second-order valence-electron chi connectivity index (χ2n) is 4.25. The fraction of sp³-hybridized carbons (Fsp3) is 0.143. The highest BCUT2D eigenvalue weighted by Crippen LogP contribution is 2.25. The Morgan fingerprint density at radius 2 is 2.19 bits per heavy atom. The van der Waals surface area contributed by atoms with Gasteiger partial charge in [-0.3, -0.25) is 4.79 Å². The van der Waals surface area contributed by atoms with Crippen LogP contribution in [0.25, 0.3) is 0 Å². The Morgan fingerprint density at radius 1 is 1.43 bits per heavy atom. The van der Waals surface area contributed by atoms with Crippen molar-refractivity contribution in [3.05, 3.63) is 50.7 Å². The van der Waals surface area contributed by atoms with Crippen molar-refractivity contribution in [3.8, 4) is 0 Å². The number of thiophene rings is 1. The Balaban J connectivity index is 2.18. The van der Waals surface area contributed by atoms with E-state index >= 15 is 0 Å². The van der Waals surface area contributed by atoms with Crippen LogP contribution in [-0.2, 0) is 6.42 Å². The Bertz CT molecular complexity index is 697. The first-order valence-electron chi connectivity index (χ1n) is 6.22. The summed E-state index contributed by atoms with van der Waals surface area (Å²) in [6.45, 7) is 2.04. The van der Waals surface area contributed by atoms with Crippen LogP contribution in [-0.4, -0.2) is 17.0 Å². The lowest BCUT2D eigenvalue weighted by atomic mass is 10.2. The lowest BCUT2D eigenvalue weighted by molar-refractivity contribution is 0.103. The number of halogens is 1. The average molecular weight is 324 g/mol. The number of oxime groups is 1. The number of hydrogen-bond donors (Lipinski definition) is 3. The first-order valence-corrected chi connectivity index (χ1v) is 7.42. The molecule has 21 heavy (non-hydrogen) atoms. The number of carbonyl (C=O) groups excluding carboxylic acids is 1. The summed E-state index contributed by atoms with van der Waals surface area (Å²) >= 11 is 7.54. The first kappa shape index (κ1) is 15.3. The minimum Gasteiger partial charge on any atom is -0.409 e. The zero-order valence-electron chi connectivity index (χ0n) is 11.3. The number of hydrogen-bond acceptors (Lipinski definition) is 4. The number of nitrogens with two attached hydrogens (primary N) is 1. The SMILES string of the molecule is CCc1ccc(C(=O)Nc2ccc(/C(N)=N/O)cc2Cl)s1. The van der Waals surface area contributed by atoms with Crippen molar-refractivity contribution in [2.24, 2.45) is 10.9 Å². The van der Waals surface area contributed by atoms with Gasteiger partial charge in [0, 0.05) is 10.4 Å². The number of amides is 1. The molecule has 0 radical (unpaired) electrons. The van der Waals surface area contributed by atoms with E-state index in [1.807, 2.05) is 13.0 Å². The third kappa shape index (κ3) is 3.53. The number of nitrogens with zero attached hydrogens (tertiary/aromatic N) is 1. The maximum absolute atomic E-state index is 12.1. The number of rotatable bonds is 4. The summed E-state index contributed by atoms with van der Waals surface area (Å²) in [6.07, 6.45) is 0.896. The van der Waals surface area contributed by atoms with Gasteiger partial charge in [0.15, 0.2) is 5.84 Å². The van der Waals surface area contributed by atoms with Crippen LogP contribution in [0, 0.1) is 0 Å². The van der Waals surface area contributed by atoms with E-state index < -0.39 is 0 Å². The first-order chi connectivity index (χ1) is 10.0. The number of nitrogens with one attached hydrogen (secondary N) is 1. The van der Waals surface area contributed by atoms with Gasteiger partial charge >= 0.3 is 0 Å². The van der Waals surface area contributed by atoms with Crippen LogP contribution >= 0.6 is 22.9 Å². The molecule has 2 rings (SSSR count). The number of amidine groups is 1. The molecule has 0 saturated carbocycles. The summed E-state index contributed by atoms with van der Waals surface area (Å²) in [4.78, 5) is 13.9. The van der Waals surface area contributed by atoms with Gasteiger partial charge in [-0.05, 0) is 36.8 Å². The maximum atomic E-state index is 12.1. The fourth-order valence-corrected chi connectivity index (χ4v) is 2.78. The van der Waals surface area contributed by atoms with Crippen molar-refractivity contribution in [2.45, 2.75) is 13.3 Å². The maximum Gasteiger partial charge on any atom is 0.265 e. The number of aryl methyl sites for hydroxylation is 1. The minimum absolute atomic E-state index is 0.0411. The van der Waals surface area contributed by atoms with Crippen LogP contribution in [0.1, 0.15) is 27.0 Å². The van der Waals surface area contributed by atoms with Gasteiger partial charge in [0.1, 0.15) is 0 Å². The minimum atomic E-state index is -0.210. The van der Waals surface area contributed by atoms with E-state index in [-0.39, 0.29) is 11.7 Å². The van der Waals surface area contributed by atoms with Gasteiger partial charge in [-0.1, -0.05) is 23.7 Å². The third-order valence-electron chi connectivity index (χ3n) is 2.85. The molecule has 5 nitrogen and oxygen atoms in total. The summed E-state index contributed by atoms with van der Waals surface area (Å²) < 4.78 is 0. The monoisotopic (exact) mass is 323 g/mol. The molecule has 2 aromatic rings. The van der Waals surface area contributed by atoms with Gasteiger partial charge in [-0.25, -0.2) is 0 Å². The zero-order chi connectivity index (χ0) is 15.4. The van der Waals surface area contributed by atoms with Crippen LogP contribution in [0.15, 0.2) is 35.5 Å². The summed E-state index contributed by atoms with van der Waals surface area (Å²) in [7, 11) is 0. The highest BCUT2D eigenvalue weighted by atomic mass is 35.5. The van der Waals surface area contributed by atoms with Gasteiger partial charge in [0.2, 0.25) is 0 Å². The molecule has 0 spiro atoms. The highest BCUT2D eigenvalue weighted by Gasteiger charge is 2.12. The lowest BCUT2D eigenvalue weighted by Crippen LogP contribution is -2.14. The van der Waals surface area contributed by atoms with E-state index in [9.17, 15) is 4.79 Å². The van der Waals surface area contributed by atoms with E-state index in [0.717, 1.165) is 11.3 Å². The molecule has 1 amide bonds. The molecule has 0 unspecified atom stereocenters. The van der Waals surface area contributed by atoms with E-state index in [1.165, 1.54) is 17.4 Å². The van der Waals surface area contributed by atoms with Gasteiger partial charge in [-0.15, -0.1) is 11.3 Å². The number of anilines is 1. The van der Waals surface area contributed by atoms with Crippen molar-refractivity contribution < 1.29 is 10.0 Å². The molecule has 4 N–H and O–H groups in total. The smallest absolute Gasteiger partial charge is 0.265 e. The zero-order valence-corrected chi connectivity index (χ0v) is 12.8. The molecule has 0 aliphatic rings. The molecular formula is C14H14ClN3O2S. The lowest BCUT2D eigenvalue weighted by Gasteiger charge is -2.07. The molecule has 0 saturated heterocycles. The fourth-order valence-electron chi connectivity index (χ4n) is 1.71. The summed E-state index contributed by atoms with van der Waals surface area (Å²) in [6, 6.07) is 8.47. The molecular weight excluding hydrogens is 310 g/mol. The molecule has 1 aromatic carbocycles. The van der Waals surface area contributed by atoms with Crippen LogP contribution in [0.2, 0.25) is 5.02 Å². The molecule has 7 heteroatoms. The van der Waals surface area contributed by atoms with E-state index in [4.69, 9.17) is 22.5 Å². The van der Waals surface area contributed by atoms with E-state index in [2.05, 4.69) is 10.5 Å². The molecule has 1 aromatic heterocycles. The quantitative estimate of drug-likeness (QED) is 0.349. The topological polar surface area (TPSA) is 87.7 Å². The third-order valence-corrected chi connectivity index (χ3v) is 4.40. The normalized spacial score (nSPS) is 11.4. The average Bonchev–Trinajstić information content (AvgIpc) is 2.97. The van der Waals surface area contributed by atoms with Crippen molar-refractivity contribution in [3.63, 3.8) is 0 Å². The number of benzene rings is 1. The van der Waals surface area contributed by atoms with Gasteiger partial charge in [0.05, 0.1) is 15.6 Å². The molecule has 0 fully saturated rings. The van der Waals surface area contributed by atoms with Crippen LogP contribution in [0.4, 0.5) is 5.69 Å². The Labute approximate surface area is 131 Å². The summed E-state index contributed by atoms with van der Waals surface area (Å²) in [5, 5.41) is 14.6. The van der Waals surface area contributed by atoms with Crippen molar-refractivity contribution in [1.82, 2.24) is 0 Å². The van der Waals surface area contributed by atoms with Gasteiger partial charge < -0.3 is 16.3 Å². The van der Waals surface area contributed by atoms with Crippen LogP contribution < -0.4 is 11.1 Å². The second kappa shape index (κ2) is 6.60. The van der Waals surface area contributed by atoms with E-state index in [1.54, 1.807) is 18.2 Å². The predicted octanol–water partition coefficient (Wildman–Crippen LogP) is 3.31. The second-order valence-corrected chi connectivity index (χ2v) is 5.83. The molecule has 0 bridgehead atoms. The van der Waals surface area contributed by atoms with E-state index in [0.29, 0.717) is 21.2 Å². The van der Waals surface area contributed by atoms with Crippen molar-refractivity contribution in [2.75, 3.05) is 5.32 Å². The Kier molecular flexibility index (Phi) is 4.82. The molecule has 110 valence electrons. The highest BCUT2D eigenvalue weighted by molar-refractivity contribution is 7.14. The number of carbonyl (C=O) groups is 1. The molecule has 0 aliphatic carbocycles. The largest absolute Gasteiger partial charge is 0.409 e. The van der Waals surface area contributed by atoms with Gasteiger partial charge in [0.25, 0.3) is 5.91 Å². The van der Waals surface area contributed by atoms with Crippen LogP contribution in [0.5, 0.6) is 0 Å². The molecule has 1 heterocycles. The van der Waals surface area contributed by atoms with Gasteiger partial charge in [-0.2, -0.15) is 0 Å². The van der Waals surface area contributed by atoms with Crippen LogP contribution in [0.3, 0.4) is 0 Å². The van der Waals surface area contributed by atoms with Crippen molar-refractivity contribution >= 4 is 40.4 Å². The predicted molar refractivity (Wildman–Crippen MR) is 85.6 cm³/mol. The summed E-state index contributed by atoms with van der Waals surface area (Å²) in [5.41, 5.74) is 6.43. The Morgan fingerprint density at radius 3 is 2.76 bits per heavy atom. The van der Waals surface area contributed by atoms with Crippen molar-refractivity contribution in [1.29, 1.82) is 0 Å². The molecule has 0 aliphatic heterocycles. The molecule has 0 atom stereocenters. The summed E-state index contributed by atoms with van der Waals surface area (Å²) in [5.74, 6) is -0.251.